The highest BCUT2D eigenvalue weighted by molar-refractivity contribution is 6.31. The minimum Gasteiger partial charge on any atom is -0.356 e. The topological polar surface area (TPSA) is 29.1 Å². The van der Waals surface area contributed by atoms with Gasteiger partial charge in [-0.2, -0.15) is 0 Å². The number of carbonyl (C=O) groups is 1. The van der Waals surface area contributed by atoms with Gasteiger partial charge in [-0.05, 0) is 24.5 Å². The first-order valence-corrected chi connectivity index (χ1v) is 6.08. The van der Waals surface area contributed by atoms with E-state index in [1.807, 2.05) is 0 Å². The molecular weight excluding hydrogens is 241 g/mol. The summed E-state index contributed by atoms with van der Waals surface area (Å²) in [5.74, 6) is -0.0958. The molecule has 0 atom stereocenters. The van der Waals surface area contributed by atoms with E-state index in [2.05, 4.69) is 19.2 Å². The van der Waals surface area contributed by atoms with E-state index in [0.29, 0.717) is 17.5 Å². The van der Waals surface area contributed by atoms with E-state index in [9.17, 15) is 9.18 Å². The summed E-state index contributed by atoms with van der Waals surface area (Å²) in [4.78, 5) is 11.6. The van der Waals surface area contributed by atoms with Gasteiger partial charge in [0, 0.05) is 17.1 Å². The van der Waals surface area contributed by atoms with Crippen molar-refractivity contribution in [1.29, 1.82) is 0 Å². The molecule has 1 N–H and O–H groups in total. The van der Waals surface area contributed by atoms with Crippen LogP contribution in [0, 0.1) is 11.7 Å². The number of amides is 1. The van der Waals surface area contributed by atoms with Gasteiger partial charge in [0.15, 0.2) is 0 Å². The fourth-order valence-electron chi connectivity index (χ4n) is 1.42. The highest BCUT2D eigenvalue weighted by Crippen LogP contribution is 2.19. The zero-order chi connectivity index (χ0) is 12.8. The quantitative estimate of drug-likeness (QED) is 0.862. The molecule has 0 bridgehead atoms. The van der Waals surface area contributed by atoms with Crippen molar-refractivity contribution in [3.8, 4) is 0 Å². The lowest BCUT2D eigenvalue weighted by Gasteiger charge is -2.08. The van der Waals surface area contributed by atoms with Gasteiger partial charge in [-0.25, -0.2) is 4.39 Å². The third-order valence-corrected chi connectivity index (χ3v) is 2.80. The van der Waals surface area contributed by atoms with Crippen LogP contribution in [0.4, 0.5) is 4.39 Å². The Kier molecular flexibility index (Phi) is 5.42. The zero-order valence-corrected chi connectivity index (χ0v) is 10.9. The van der Waals surface area contributed by atoms with Gasteiger partial charge in [-0.3, -0.25) is 4.79 Å². The number of rotatable bonds is 5. The van der Waals surface area contributed by atoms with E-state index in [-0.39, 0.29) is 17.9 Å². The Hall–Kier alpha value is -1.09. The van der Waals surface area contributed by atoms with E-state index in [0.717, 1.165) is 6.42 Å². The summed E-state index contributed by atoms with van der Waals surface area (Å²) in [5.41, 5.74) is 0.260. The lowest BCUT2D eigenvalue weighted by atomic mass is 10.1. The maximum Gasteiger partial charge on any atom is 0.224 e. The molecule has 1 amide bonds. The summed E-state index contributed by atoms with van der Waals surface area (Å²) >= 11 is 5.84. The number of carbonyl (C=O) groups excluding carboxylic acids is 1. The van der Waals surface area contributed by atoms with Gasteiger partial charge in [-0.15, -0.1) is 0 Å². The summed E-state index contributed by atoms with van der Waals surface area (Å²) in [6.45, 7) is 4.78. The van der Waals surface area contributed by atoms with Crippen LogP contribution in [-0.2, 0) is 11.2 Å². The number of hydrogen-bond donors (Lipinski definition) is 1. The monoisotopic (exact) mass is 257 g/mol. The molecule has 4 heteroatoms. The van der Waals surface area contributed by atoms with Crippen molar-refractivity contribution in [3.63, 3.8) is 0 Å². The predicted molar refractivity (Wildman–Crippen MR) is 67.6 cm³/mol. The van der Waals surface area contributed by atoms with Crippen LogP contribution in [0.2, 0.25) is 5.02 Å². The van der Waals surface area contributed by atoms with Gasteiger partial charge in [0.05, 0.1) is 6.42 Å². The second kappa shape index (κ2) is 6.60. The smallest absolute Gasteiger partial charge is 0.224 e. The van der Waals surface area contributed by atoms with Crippen molar-refractivity contribution in [1.82, 2.24) is 5.32 Å². The molecule has 0 saturated carbocycles. The molecule has 2 nitrogen and oxygen atoms in total. The number of halogens is 2. The molecule has 0 fully saturated rings. The Bertz CT molecular complexity index is 373. The highest BCUT2D eigenvalue weighted by Gasteiger charge is 2.11. The largest absolute Gasteiger partial charge is 0.356 e. The Morgan fingerprint density at radius 2 is 2.18 bits per heavy atom. The van der Waals surface area contributed by atoms with E-state index in [1.165, 1.54) is 12.1 Å². The van der Waals surface area contributed by atoms with Crippen LogP contribution in [0.5, 0.6) is 0 Å². The van der Waals surface area contributed by atoms with Gasteiger partial charge in [-0.1, -0.05) is 31.5 Å². The van der Waals surface area contributed by atoms with Crippen LogP contribution in [0.3, 0.4) is 0 Å². The Labute approximate surface area is 106 Å². The molecule has 0 unspecified atom stereocenters. The normalized spacial score (nSPS) is 10.6. The Balaban J connectivity index is 2.51. The summed E-state index contributed by atoms with van der Waals surface area (Å²) < 4.78 is 13.4. The summed E-state index contributed by atoms with van der Waals surface area (Å²) in [7, 11) is 0. The van der Waals surface area contributed by atoms with Gasteiger partial charge < -0.3 is 5.32 Å². The summed E-state index contributed by atoms with van der Waals surface area (Å²) in [6.07, 6.45) is 0.903. The lowest BCUT2D eigenvalue weighted by molar-refractivity contribution is -0.120. The van der Waals surface area contributed by atoms with E-state index in [1.54, 1.807) is 6.07 Å². The van der Waals surface area contributed by atoms with Crippen LogP contribution < -0.4 is 5.32 Å². The van der Waals surface area contributed by atoms with Crippen LogP contribution in [0.25, 0.3) is 0 Å². The fraction of sp³-hybridized carbons (Fsp3) is 0.462. The fourth-order valence-corrected chi connectivity index (χ4v) is 1.65. The predicted octanol–water partition coefficient (Wildman–Crippen LogP) is 3.18. The molecule has 94 valence electrons. The van der Waals surface area contributed by atoms with Gasteiger partial charge >= 0.3 is 0 Å². The van der Waals surface area contributed by atoms with Crippen molar-refractivity contribution < 1.29 is 9.18 Å². The van der Waals surface area contributed by atoms with E-state index >= 15 is 0 Å². The zero-order valence-electron chi connectivity index (χ0n) is 10.1. The molecule has 0 aliphatic carbocycles. The minimum absolute atomic E-state index is 0.0103. The molecule has 0 aromatic heterocycles. The average Bonchev–Trinajstić information content (AvgIpc) is 2.23. The van der Waals surface area contributed by atoms with Crippen molar-refractivity contribution in [2.45, 2.75) is 26.7 Å². The molecule has 1 aromatic carbocycles. The van der Waals surface area contributed by atoms with Crippen LogP contribution in [-0.4, -0.2) is 12.5 Å². The maximum atomic E-state index is 13.4. The molecule has 0 aliphatic rings. The van der Waals surface area contributed by atoms with E-state index < -0.39 is 5.82 Å². The second-order valence-corrected chi connectivity index (χ2v) is 4.82. The van der Waals surface area contributed by atoms with Crippen molar-refractivity contribution in [2.24, 2.45) is 5.92 Å². The highest BCUT2D eigenvalue weighted by atomic mass is 35.5. The van der Waals surface area contributed by atoms with Crippen molar-refractivity contribution in [3.05, 3.63) is 34.6 Å². The standard InChI is InChI=1S/C13H17ClFNO/c1-9(2)6-7-16-13(17)8-10-11(14)4-3-5-12(10)15/h3-5,9H,6-8H2,1-2H3,(H,16,17). The first-order chi connectivity index (χ1) is 8.00. The maximum absolute atomic E-state index is 13.4. The summed E-state index contributed by atoms with van der Waals surface area (Å²) in [5, 5.41) is 3.05. The van der Waals surface area contributed by atoms with Gasteiger partial charge in [0.1, 0.15) is 5.82 Å². The van der Waals surface area contributed by atoms with Crippen molar-refractivity contribution >= 4 is 17.5 Å². The molecule has 0 spiro atoms. The van der Waals surface area contributed by atoms with Crippen LogP contribution in [0.15, 0.2) is 18.2 Å². The molecule has 0 heterocycles. The third kappa shape index (κ3) is 4.73. The lowest BCUT2D eigenvalue weighted by Crippen LogP contribution is -2.27. The Morgan fingerprint density at radius 1 is 1.47 bits per heavy atom. The molecular formula is C13H17ClFNO. The molecule has 1 rings (SSSR count). The first-order valence-electron chi connectivity index (χ1n) is 5.70. The molecule has 17 heavy (non-hydrogen) atoms. The van der Waals surface area contributed by atoms with Gasteiger partial charge in [0.2, 0.25) is 5.91 Å². The first kappa shape index (κ1) is 14.0. The SMILES string of the molecule is CC(C)CCNC(=O)Cc1c(F)cccc1Cl. The Morgan fingerprint density at radius 3 is 2.76 bits per heavy atom. The van der Waals surface area contributed by atoms with Crippen LogP contribution >= 0.6 is 11.6 Å². The summed E-state index contributed by atoms with van der Waals surface area (Å²) in [6, 6.07) is 4.42. The molecule has 1 aromatic rings. The van der Waals surface area contributed by atoms with Crippen LogP contribution in [0.1, 0.15) is 25.8 Å². The minimum atomic E-state index is -0.434. The second-order valence-electron chi connectivity index (χ2n) is 4.41. The van der Waals surface area contributed by atoms with Crippen molar-refractivity contribution in [2.75, 3.05) is 6.54 Å². The molecule has 0 radical (unpaired) electrons. The number of nitrogens with one attached hydrogen (secondary N) is 1. The third-order valence-electron chi connectivity index (χ3n) is 2.44. The average molecular weight is 258 g/mol. The molecule has 0 aliphatic heterocycles. The molecule has 0 saturated heterocycles. The number of benzene rings is 1. The van der Waals surface area contributed by atoms with E-state index in [4.69, 9.17) is 11.6 Å². The van der Waals surface area contributed by atoms with Gasteiger partial charge in [0.25, 0.3) is 0 Å². The number of hydrogen-bond acceptors (Lipinski definition) is 1.